The predicted octanol–water partition coefficient (Wildman–Crippen LogP) is 4.17. The van der Waals surface area contributed by atoms with Gasteiger partial charge < -0.3 is 18.7 Å². The number of methoxy groups -OCH3 is 1. The lowest BCUT2D eigenvalue weighted by Gasteiger charge is -2.07. The molecule has 0 aliphatic heterocycles. The highest BCUT2D eigenvalue weighted by atomic mass is 35.5. The van der Waals surface area contributed by atoms with Gasteiger partial charge in [-0.3, -0.25) is 0 Å². The molecule has 0 aliphatic rings. The van der Waals surface area contributed by atoms with Crippen LogP contribution in [0.3, 0.4) is 0 Å². The van der Waals surface area contributed by atoms with Crippen LogP contribution in [0.15, 0.2) is 47.0 Å². The summed E-state index contributed by atoms with van der Waals surface area (Å²) in [5.74, 6) is 0.913. The number of ether oxygens (including phenoxy) is 3. The van der Waals surface area contributed by atoms with E-state index in [4.69, 9.17) is 41.9 Å². The van der Waals surface area contributed by atoms with Crippen molar-refractivity contribution < 1.29 is 23.5 Å². The fourth-order valence-electron chi connectivity index (χ4n) is 2.11. The lowest BCUT2D eigenvalue weighted by atomic mass is 10.2. The largest absolute Gasteiger partial charge is 0.497 e. The van der Waals surface area contributed by atoms with Crippen LogP contribution in [0.4, 0.5) is 0 Å². The molecule has 9 heteroatoms. The third-order valence-corrected chi connectivity index (χ3v) is 3.92. The summed E-state index contributed by atoms with van der Waals surface area (Å²) in [6, 6.07) is 11.9. The van der Waals surface area contributed by atoms with Crippen molar-refractivity contribution in [1.29, 1.82) is 0 Å². The summed E-state index contributed by atoms with van der Waals surface area (Å²) in [7, 11) is 1.57. The average molecular weight is 409 g/mol. The van der Waals surface area contributed by atoms with Crippen LogP contribution in [0.5, 0.6) is 11.5 Å². The van der Waals surface area contributed by atoms with Crippen molar-refractivity contribution in [2.45, 2.75) is 6.61 Å². The molecule has 7 nitrogen and oxygen atoms in total. The molecule has 0 amide bonds. The van der Waals surface area contributed by atoms with E-state index in [9.17, 15) is 4.79 Å². The van der Waals surface area contributed by atoms with E-state index in [0.717, 1.165) is 5.56 Å². The number of carbonyl (C=O) groups is 1. The number of hydrogen-bond donors (Lipinski definition) is 0. The Bertz CT molecular complexity index is 945. The fraction of sp³-hybridized carbons (Fsp3) is 0.167. The molecule has 0 unspecified atom stereocenters. The Hall–Kier alpha value is -2.77. The standard InChI is InChI=1S/C18H14Cl2N2O5/c1-24-13-4-2-3-11(7-13)18-21-16(27-22-18)9-26-17(23)10-25-15-6-5-12(19)8-14(15)20/h2-8H,9-10H2,1H3. The second-order valence-electron chi connectivity index (χ2n) is 5.27. The van der Waals surface area contributed by atoms with Crippen molar-refractivity contribution in [1.82, 2.24) is 10.1 Å². The lowest BCUT2D eigenvalue weighted by Crippen LogP contribution is -2.15. The summed E-state index contributed by atoms with van der Waals surface area (Å²) >= 11 is 11.8. The van der Waals surface area contributed by atoms with E-state index in [1.807, 2.05) is 12.1 Å². The first-order valence-electron chi connectivity index (χ1n) is 7.75. The second kappa shape index (κ2) is 8.75. The zero-order valence-corrected chi connectivity index (χ0v) is 15.7. The number of benzene rings is 2. The van der Waals surface area contributed by atoms with Gasteiger partial charge in [-0.05, 0) is 30.3 Å². The Balaban J connectivity index is 1.52. The lowest BCUT2D eigenvalue weighted by molar-refractivity contribution is -0.148. The molecule has 0 radical (unpaired) electrons. The maximum atomic E-state index is 11.8. The monoisotopic (exact) mass is 408 g/mol. The van der Waals surface area contributed by atoms with Crippen molar-refractivity contribution in [3.05, 3.63) is 58.4 Å². The minimum absolute atomic E-state index is 0.158. The van der Waals surface area contributed by atoms with Crippen molar-refractivity contribution in [3.63, 3.8) is 0 Å². The SMILES string of the molecule is COc1cccc(-c2noc(COC(=O)COc3ccc(Cl)cc3Cl)n2)c1. The Morgan fingerprint density at radius 2 is 2.04 bits per heavy atom. The van der Waals surface area contributed by atoms with Crippen LogP contribution < -0.4 is 9.47 Å². The van der Waals surface area contributed by atoms with Crippen LogP contribution >= 0.6 is 23.2 Å². The van der Waals surface area contributed by atoms with E-state index in [1.54, 1.807) is 31.4 Å². The van der Waals surface area contributed by atoms with Crippen LogP contribution in [0.2, 0.25) is 10.0 Å². The highest BCUT2D eigenvalue weighted by Crippen LogP contribution is 2.27. The number of rotatable bonds is 7. The molecule has 27 heavy (non-hydrogen) atoms. The van der Waals surface area contributed by atoms with Crippen LogP contribution in [0, 0.1) is 0 Å². The molecule has 0 N–H and O–H groups in total. The van der Waals surface area contributed by atoms with Crippen LogP contribution in [-0.4, -0.2) is 29.8 Å². The van der Waals surface area contributed by atoms with Gasteiger partial charge in [-0.2, -0.15) is 4.98 Å². The van der Waals surface area contributed by atoms with E-state index in [0.29, 0.717) is 27.4 Å². The number of hydrogen-bond acceptors (Lipinski definition) is 7. The van der Waals surface area contributed by atoms with Gasteiger partial charge in [-0.25, -0.2) is 4.79 Å². The zero-order valence-electron chi connectivity index (χ0n) is 14.1. The van der Waals surface area contributed by atoms with Gasteiger partial charge in [-0.1, -0.05) is 40.5 Å². The minimum atomic E-state index is -0.609. The maximum absolute atomic E-state index is 11.8. The summed E-state index contributed by atoms with van der Waals surface area (Å²) < 4.78 is 20.6. The molecule has 0 saturated carbocycles. The highest BCUT2D eigenvalue weighted by molar-refractivity contribution is 6.35. The minimum Gasteiger partial charge on any atom is -0.497 e. The van der Waals surface area contributed by atoms with Gasteiger partial charge in [0.1, 0.15) is 11.5 Å². The van der Waals surface area contributed by atoms with E-state index < -0.39 is 5.97 Å². The summed E-state index contributed by atoms with van der Waals surface area (Å²) in [5.41, 5.74) is 0.719. The molecular formula is C18H14Cl2N2O5. The van der Waals surface area contributed by atoms with Crippen LogP contribution in [-0.2, 0) is 16.1 Å². The summed E-state index contributed by atoms with van der Waals surface area (Å²) in [6.07, 6.45) is 0. The first-order valence-corrected chi connectivity index (χ1v) is 8.51. The molecule has 1 heterocycles. The highest BCUT2D eigenvalue weighted by Gasteiger charge is 2.13. The smallest absolute Gasteiger partial charge is 0.344 e. The Morgan fingerprint density at radius 3 is 2.81 bits per heavy atom. The van der Waals surface area contributed by atoms with Crippen molar-refractivity contribution in [2.75, 3.05) is 13.7 Å². The molecule has 3 rings (SSSR count). The normalized spacial score (nSPS) is 10.5. The van der Waals surface area contributed by atoms with E-state index >= 15 is 0 Å². The van der Waals surface area contributed by atoms with E-state index in [2.05, 4.69) is 10.1 Å². The van der Waals surface area contributed by atoms with Gasteiger partial charge in [-0.15, -0.1) is 0 Å². The molecule has 0 saturated heterocycles. The molecule has 3 aromatic rings. The second-order valence-corrected chi connectivity index (χ2v) is 6.11. The molecule has 140 valence electrons. The number of esters is 1. The Labute approximate surface area is 164 Å². The third kappa shape index (κ3) is 5.12. The molecule has 2 aromatic carbocycles. The van der Waals surface area contributed by atoms with Crippen molar-refractivity contribution in [2.24, 2.45) is 0 Å². The van der Waals surface area contributed by atoms with Gasteiger partial charge >= 0.3 is 5.97 Å². The van der Waals surface area contributed by atoms with Crippen molar-refractivity contribution in [3.8, 4) is 22.9 Å². The Kier molecular flexibility index (Phi) is 6.16. The molecule has 0 aliphatic carbocycles. The quantitative estimate of drug-likeness (QED) is 0.542. The van der Waals surface area contributed by atoms with E-state index in [-0.39, 0.29) is 19.1 Å². The summed E-state index contributed by atoms with van der Waals surface area (Å²) in [5, 5.41) is 4.63. The fourth-order valence-corrected chi connectivity index (χ4v) is 2.57. The first-order chi connectivity index (χ1) is 13.0. The molecule has 1 aromatic heterocycles. The zero-order chi connectivity index (χ0) is 19.2. The number of aromatic nitrogens is 2. The topological polar surface area (TPSA) is 83.7 Å². The maximum Gasteiger partial charge on any atom is 0.344 e. The van der Waals surface area contributed by atoms with Gasteiger partial charge in [0.25, 0.3) is 5.89 Å². The van der Waals surface area contributed by atoms with E-state index in [1.165, 1.54) is 6.07 Å². The van der Waals surface area contributed by atoms with Gasteiger partial charge in [0.15, 0.2) is 13.2 Å². The van der Waals surface area contributed by atoms with Crippen LogP contribution in [0.25, 0.3) is 11.4 Å². The summed E-state index contributed by atoms with van der Waals surface area (Å²) in [4.78, 5) is 16.0. The summed E-state index contributed by atoms with van der Waals surface area (Å²) in [6.45, 7) is -0.494. The van der Waals surface area contributed by atoms with Gasteiger partial charge in [0.2, 0.25) is 5.82 Å². The van der Waals surface area contributed by atoms with Crippen LogP contribution in [0.1, 0.15) is 5.89 Å². The van der Waals surface area contributed by atoms with Gasteiger partial charge in [0, 0.05) is 10.6 Å². The third-order valence-electron chi connectivity index (χ3n) is 3.39. The van der Waals surface area contributed by atoms with Gasteiger partial charge in [0.05, 0.1) is 12.1 Å². The average Bonchev–Trinajstić information content (AvgIpc) is 3.15. The molecule has 0 spiro atoms. The molecule has 0 atom stereocenters. The molecular weight excluding hydrogens is 395 g/mol. The Morgan fingerprint density at radius 1 is 1.19 bits per heavy atom. The number of carbonyl (C=O) groups excluding carboxylic acids is 1. The molecule has 0 bridgehead atoms. The first kappa shape index (κ1) is 19.0. The molecule has 0 fully saturated rings. The number of nitrogens with zero attached hydrogens (tertiary/aromatic N) is 2. The predicted molar refractivity (Wildman–Crippen MR) is 98.0 cm³/mol. The number of halogens is 2. The van der Waals surface area contributed by atoms with Crippen molar-refractivity contribution >= 4 is 29.2 Å².